The molecular formula is C20H22F3N3O2. The highest BCUT2D eigenvalue weighted by Crippen LogP contribution is 2.27. The van der Waals surface area contributed by atoms with E-state index in [-0.39, 0.29) is 18.4 Å². The van der Waals surface area contributed by atoms with Gasteiger partial charge in [0.05, 0.1) is 6.54 Å². The number of nitrogens with zero attached hydrogens (tertiary/aromatic N) is 1. The molecule has 0 saturated heterocycles. The van der Waals surface area contributed by atoms with Crippen molar-refractivity contribution in [2.24, 2.45) is 4.99 Å². The molecule has 2 N–H and O–H groups in total. The predicted octanol–water partition coefficient (Wildman–Crippen LogP) is 3.30. The molecule has 1 aliphatic rings. The van der Waals surface area contributed by atoms with E-state index >= 15 is 0 Å². The van der Waals surface area contributed by atoms with Crippen molar-refractivity contribution in [2.75, 3.05) is 20.2 Å². The Morgan fingerprint density at radius 2 is 1.89 bits per heavy atom. The van der Waals surface area contributed by atoms with Gasteiger partial charge in [-0.2, -0.15) is 13.2 Å². The van der Waals surface area contributed by atoms with Crippen LogP contribution in [0, 0.1) is 0 Å². The van der Waals surface area contributed by atoms with Gasteiger partial charge in [0.2, 0.25) is 0 Å². The number of guanidine groups is 1. The zero-order valence-electron chi connectivity index (χ0n) is 15.4. The fourth-order valence-corrected chi connectivity index (χ4v) is 2.93. The van der Waals surface area contributed by atoms with Crippen LogP contribution < -0.4 is 20.1 Å². The lowest BCUT2D eigenvalue weighted by Crippen LogP contribution is -2.42. The Labute approximate surface area is 161 Å². The zero-order chi connectivity index (χ0) is 20.0. The van der Waals surface area contributed by atoms with Gasteiger partial charge in [-0.15, -0.1) is 0 Å². The standard InChI is InChI=1S/C20H22F3N3O2/c1-24-19(26-12-16-10-14-6-2-5-9-18(14)28-16)25-11-15-7-3-4-8-17(15)27-13-20(21,22)23/h2-9,16H,10-13H2,1H3,(H2,24,25,26). The van der Waals surface area contributed by atoms with Crippen LogP contribution in [-0.4, -0.2) is 38.4 Å². The minimum atomic E-state index is -4.38. The summed E-state index contributed by atoms with van der Waals surface area (Å²) in [5, 5.41) is 6.28. The first-order valence-corrected chi connectivity index (χ1v) is 8.91. The number of para-hydroxylation sites is 2. The Kier molecular flexibility index (Phi) is 6.28. The summed E-state index contributed by atoms with van der Waals surface area (Å²) in [6.07, 6.45) is -3.57. The van der Waals surface area contributed by atoms with Crippen LogP contribution in [0.5, 0.6) is 11.5 Å². The number of ether oxygens (including phenoxy) is 2. The van der Waals surface area contributed by atoms with Gasteiger partial charge in [-0.25, -0.2) is 0 Å². The number of hydrogen-bond donors (Lipinski definition) is 2. The molecule has 0 saturated carbocycles. The van der Waals surface area contributed by atoms with Crippen molar-refractivity contribution in [1.29, 1.82) is 0 Å². The van der Waals surface area contributed by atoms with E-state index in [4.69, 9.17) is 9.47 Å². The number of halogens is 3. The summed E-state index contributed by atoms with van der Waals surface area (Å²) in [4.78, 5) is 4.15. The monoisotopic (exact) mass is 393 g/mol. The van der Waals surface area contributed by atoms with Crippen molar-refractivity contribution in [3.63, 3.8) is 0 Å². The molecule has 1 unspecified atom stereocenters. The smallest absolute Gasteiger partial charge is 0.422 e. The van der Waals surface area contributed by atoms with E-state index in [9.17, 15) is 13.2 Å². The summed E-state index contributed by atoms with van der Waals surface area (Å²) >= 11 is 0. The van der Waals surface area contributed by atoms with Gasteiger partial charge in [-0.3, -0.25) is 4.99 Å². The number of hydrogen-bond acceptors (Lipinski definition) is 3. The first-order chi connectivity index (χ1) is 13.4. The SMILES string of the molecule is CN=C(NCc1ccccc1OCC(F)(F)F)NCC1Cc2ccccc2O1. The van der Waals surface area contributed by atoms with Crippen LogP contribution in [0.4, 0.5) is 13.2 Å². The molecule has 5 nitrogen and oxygen atoms in total. The average molecular weight is 393 g/mol. The van der Waals surface area contributed by atoms with Gasteiger partial charge in [0, 0.05) is 25.6 Å². The maximum atomic E-state index is 12.4. The van der Waals surface area contributed by atoms with E-state index in [1.807, 2.05) is 24.3 Å². The number of rotatable bonds is 6. The molecule has 0 fully saturated rings. The molecule has 28 heavy (non-hydrogen) atoms. The molecule has 1 aliphatic heterocycles. The number of benzene rings is 2. The normalized spacial score (nSPS) is 16.3. The van der Waals surface area contributed by atoms with Crippen LogP contribution in [0.3, 0.4) is 0 Å². The average Bonchev–Trinajstić information content (AvgIpc) is 3.09. The van der Waals surface area contributed by atoms with Gasteiger partial charge in [-0.1, -0.05) is 36.4 Å². The van der Waals surface area contributed by atoms with Gasteiger partial charge in [-0.05, 0) is 17.7 Å². The van der Waals surface area contributed by atoms with Crippen molar-refractivity contribution in [3.05, 3.63) is 59.7 Å². The first-order valence-electron chi connectivity index (χ1n) is 8.91. The number of aliphatic imine (C=N–C) groups is 1. The Balaban J connectivity index is 1.50. The van der Waals surface area contributed by atoms with Crippen LogP contribution in [-0.2, 0) is 13.0 Å². The number of nitrogens with one attached hydrogen (secondary N) is 2. The summed E-state index contributed by atoms with van der Waals surface area (Å²) in [6.45, 7) is -0.489. The third-order valence-electron chi connectivity index (χ3n) is 4.24. The molecule has 3 rings (SSSR count). The van der Waals surface area contributed by atoms with Crippen LogP contribution >= 0.6 is 0 Å². The molecule has 2 aromatic rings. The Morgan fingerprint density at radius 1 is 1.14 bits per heavy atom. The van der Waals surface area contributed by atoms with Gasteiger partial charge >= 0.3 is 6.18 Å². The van der Waals surface area contributed by atoms with Crippen LogP contribution in [0.15, 0.2) is 53.5 Å². The summed E-state index contributed by atoms with van der Waals surface area (Å²) in [5.74, 6) is 1.62. The van der Waals surface area contributed by atoms with E-state index < -0.39 is 12.8 Å². The molecule has 0 amide bonds. The highest BCUT2D eigenvalue weighted by atomic mass is 19.4. The van der Waals surface area contributed by atoms with Crippen molar-refractivity contribution >= 4 is 5.96 Å². The third kappa shape index (κ3) is 5.55. The molecule has 2 aromatic carbocycles. The predicted molar refractivity (Wildman–Crippen MR) is 101 cm³/mol. The maximum absolute atomic E-state index is 12.4. The Bertz CT molecular complexity index is 799. The fraction of sp³-hybridized carbons (Fsp3) is 0.350. The second kappa shape index (κ2) is 8.86. The van der Waals surface area contributed by atoms with Crippen molar-refractivity contribution in [1.82, 2.24) is 10.6 Å². The van der Waals surface area contributed by atoms with Crippen LogP contribution in [0.2, 0.25) is 0 Å². The summed E-state index contributed by atoms with van der Waals surface area (Å²) in [5.41, 5.74) is 1.78. The maximum Gasteiger partial charge on any atom is 0.422 e. The summed E-state index contributed by atoms with van der Waals surface area (Å²) < 4.78 is 48.0. The van der Waals surface area contributed by atoms with E-state index in [1.54, 1.807) is 25.2 Å². The number of fused-ring (bicyclic) bond motifs is 1. The summed E-state index contributed by atoms with van der Waals surface area (Å²) in [7, 11) is 1.63. The fourth-order valence-electron chi connectivity index (χ4n) is 2.93. The van der Waals surface area contributed by atoms with Gasteiger partial charge in [0.15, 0.2) is 12.6 Å². The molecule has 0 aliphatic carbocycles. The lowest BCUT2D eigenvalue weighted by Gasteiger charge is -2.17. The molecule has 0 bridgehead atoms. The molecule has 1 heterocycles. The highest BCUT2D eigenvalue weighted by molar-refractivity contribution is 5.79. The van der Waals surface area contributed by atoms with Crippen molar-refractivity contribution < 1.29 is 22.6 Å². The second-order valence-electron chi connectivity index (χ2n) is 6.37. The van der Waals surface area contributed by atoms with E-state index in [0.717, 1.165) is 12.2 Å². The van der Waals surface area contributed by atoms with Gasteiger partial charge in [0.1, 0.15) is 17.6 Å². The highest BCUT2D eigenvalue weighted by Gasteiger charge is 2.28. The molecular weight excluding hydrogens is 371 g/mol. The second-order valence-corrected chi connectivity index (χ2v) is 6.37. The van der Waals surface area contributed by atoms with Crippen molar-refractivity contribution in [3.8, 4) is 11.5 Å². The van der Waals surface area contributed by atoms with E-state index in [0.29, 0.717) is 18.1 Å². The molecule has 0 spiro atoms. The zero-order valence-corrected chi connectivity index (χ0v) is 15.4. The Morgan fingerprint density at radius 3 is 2.64 bits per heavy atom. The third-order valence-corrected chi connectivity index (χ3v) is 4.24. The van der Waals surface area contributed by atoms with Gasteiger partial charge < -0.3 is 20.1 Å². The van der Waals surface area contributed by atoms with Crippen LogP contribution in [0.1, 0.15) is 11.1 Å². The minimum Gasteiger partial charge on any atom is -0.488 e. The Hall–Kier alpha value is -2.90. The molecule has 0 radical (unpaired) electrons. The van der Waals surface area contributed by atoms with Crippen molar-refractivity contribution in [2.45, 2.75) is 25.2 Å². The molecule has 150 valence electrons. The lowest BCUT2D eigenvalue weighted by atomic mass is 10.1. The van der Waals surface area contributed by atoms with E-state index in [2.05, 4.69) is 15.6 Å². The minimum absolute atomic E-state index is 0.00152. The summed E-state index contributed by atoms with van der Waals surface area (Å²) in [6, 6.07) is 14.5. The number of alkyl halides is 3. The molecule has 1 atom stereocenters. The first kappa shape index (κ1) is 19.9. The van der Waals surface area contributed by atoms with Gasteiger partial charge in [0.25, 0.3) is 0 Å². The molecule has 8 heteroatoms. The lowest BCUT2D eigenvalue weighted by molar-refractivity contribution is -0.153. The quantitative estimate of drug-likeness (QED) is 0.584. The topological polar surface area (TPSA) is 54.9 Å². The van der Waals surface area contributed by atoms with Crippen LogP contribution in [0.25, 0.3) is 0 Å². The largest absolute Gasteiger partial charge is 0.488 e. The molecule has 0 aromatic heterocycles. The van der Waals surface area contributed by atoms with E-state index in [1.165, 1.54) is 11.6 Å².